The molecule has 1 aliphatic carbocycles. The van der Waals surface area contributed by atoms with Crippen LogP contribution in [0.5, 0.6) is 0 Å². The summed E-state index contributed by atoms with van der Waals surface area (Å²) >= 11 is 0. The molecule has 4 N–H and O–H groups in total. The lowest BCUT2D eigenvalue weighted by atomic mass is 9.82. The monoisotopic (exact) mass is 242 g/mol. The van der Waals surface area contributed by atoms with E-state index in [0.29, 0.717) is 19.4 Å². The first-order valence-electron chi connectivity index (χ1n) is 6.18. The first kappa shape index (κ1) is 14.0. The molecular weight excluding hydrogens is 220 g/mol. The van der Waals surface area contributed by atoms with E-state index in [2.05, 4.69) is 5.32 Å². The summed E-state index contributed by atoms with van der Waals surface area (Å²) in [6.07, 6.45) is 2.64. The molecule has 0 aliphatic heterocycles. The summed E-state index contributed by atoms with van der Waals surface area (Å²) in [4.78, 5) is 23.1. The third kappa shape index (κ3) is 2.60. The molecule has 0 heterocycles. The van der Waals surface area contributed by atoms with Crippen LogP contribution in [0, 0.1) is 10.8 Å². The van der Waals surface area contributed by atoms with Crippen LogP contribution in [0.1, 0.15) is 39.5 Å². The van der Waals surface area contributed by atoms with E-state index >= 15 is 0 Å². The van der Waals surface area contributed by atoms with Gasteiger partial charge in [-0.25, -0.2) is 0 Å². The Labute approximate surface area is 102 Å². The number of carboxylic acid groups (broad SMARTS) is 1. The van der Waals surface area contributed by atoms with Crippen molar-refractivity contribution in [2.45, 2.75) is 39.5 Å². The summed E-state index contributed by atoms with van der Waals surface area (Å²) in [6.45, 7) is 4.20. The molecule has 0 aromatic rings. The van der Waals surface area contributed by atoms with Gasteiger partial charge in [-0.2, -0.15) is 0 Å². The number of aliphatic carboxylic acids is 1. The standard InChI is InChI=1S/C12H22N2O3/c1-3-11(4-2,10(16)17)8-14-9(15)12(7-13)5-6-12/h3-8,13H2,1-2H3,(H,14,15)(H,16,17). The molecule has 5 nitrogen and oxygen atoms in total. The second-order valence-corrected chi connectivity index (χ2v) is 4.96. The third-order valence-electron chi connectivity index (χ3n) is 4.12. The summed E-state index contributed by atoms with van der Waals surface area (Å²) in [5.74, 6) is -0.937. The number of nitrogens with one attached hydrogen (secondary N) is 1. The van der Waals surface area contributed by atoms with Gasteiger partial charge in [0.15, 0.2) is 0 Å². The van der Waals surface area contributed by atoms with Crippen LogP contribution in [0.3, 0.4) is 0 Å². The lowest BCUT2D eigenvalue weighted by Crippen LogP contribution is -2.45. The molecule has 5 heteroatoms. The number of hydrogen-bond donors (Lipinski definition) is 3. The molecule has 1 amide bonds. The fraction of sp³-hybridized carbons (Fsp3) is 0.833. The molecule has 1 rings (SSSR count). The molecule has 1 fully saturated rings. The fourth-order valence-electron chi connectivity index (χ4n) is 1.99. The van der Waals surface area contributed by atoms with E-state index in [9.17, 15) is 14.7 Å². The molecule has 0 aromatic heterocycles. The molecule has 0 radical (unpaired) electrons. The van der Waals surface area contributed by atoms with Gasteiger partial charge in [-0.3, -0.25) is 9.59 Å². The van der Waals surface area contributed by atoms with Gasteiger partial charge < -0.3 is 16.2 Å². The Kier molecular flexibility index (Phi) is 4.14. The van der Waals surface area contributed by atoms with Crippen molar-refractivity contribution in [1.29, 1.82) is 0 Å². The van der Waals surface area contributed by atoms with E-state index in [0.717, 1.165) is 12.8 Å². The van der Waals surface area contributed by atoms with Crippen LogP contribution < -0.4 is 11.1 Å². The second kappa shape index (κ2) is 5.04. The van der Waals surface area contributed by atoms with Crippen LogP contribution in [-0.2, 0) is 9.59 Å². The first-order chi connectivity index (χ1) is 7.96. The molecule has 0 bridgehead atoms. The van der Waals surface area contributed by atoms with Gasteiger partial charge in [-0.05, 0) is 25.7 Å². The average Bonchev–Trinajstić information content (AvgIpc) is 3.11. The number of hydrogen-bond acceptors (Lipinski definition) is 3. The van der Waals surface area contributed by atoms with Crippen LogP contribution in [0.25, 0.3) is 0 Å². The predicted octanol–water partition coefficient (Wildman–Crippen LogP) is 0.733. The Hall–Kier alpha value is -1.10. The Balaban J connectivity index is 2.59. The van der Waals surface area contributed by atoms with Gasteiger partial charge in [-0.1, -0.05) is 13.8 Å². The number of carbonyl (C=O) groups excluding carboxylic acids is 1. The van der Waals surface area contributed by atoms with Crippen molar-refractivity contribution >= 4 is 11.9 Å². The maximum absolute atomic E-state index is 11.9. The number of carboxylic acids is 1. The lowest BCUT2D eigenvalue weighted by Gasteiger charge is -2.27. The number of amides is 1. The van der Waals surface area contributed by atoms with Gasteiger partial charge in [-0.15, -0.1) is 0 Å². The molecule has 0 unspecified atom stereocenters. The van der Waals surface area contributed by atoms with Crippen LogP contribution in [0.2, 0.25) is 0 Å². The van der Waals surface area contributed by atoms with Crippen molar-refractivity contribution in [3.63, 3.8) is 0 Å². The van der Waals surface area contributed by atoms with E-state index in [4.69, 9.17) is 5.73 Å². The highest BCUT2D eigenvalue weighted by Crippen LogP contribution is 2.44. The average molecular weight is 242 g/mol. The Morgan fingerprint density at radius 2 is 1.88 bits per heavy atom. The minimum atomic E-state index is -0.847. The molecule has 1 aliphatic rings. The summed E-state index contributed by atoms with van der Waals surface area (Å²) in [7, 11) is 0. The van der Waals surface area contributed by atoms with Crippen molar-refractivity contribution in [1.82, 2.24) is 5.32 Å². The summed E-state index contributed by atoms with van der Waals surface area (Å²) in [6, 6.07) is 0. The maximum atomic E-state index is 11.9. The van der Waals surface area contributed by atoms with E-state index in [1.54, 1.807) is 0 Å². The largest absolute Gasteiger partial charge is 0.481 e. The maximum Gasteiger partial charge on any atom is 0.311 e. The highest BCUT2D eigenvalue weighted by Gasteiger charge is 2.49. The third-order valence-corrected chi connectivity index (χ3v) is 4.12. The Morgan fingerprint density at radius 3 is 2.18 bits per heavy atom. The zero-order chi connectivity index (χ0) is 13.1. The van der Waals surface area contributed by atoms with E-state index < -0.39 is 16.8 Å². The van der Waals surface area contributed by atoms with Crippen molar-refractivity contribution < 1.29 is 14.7 Å². The molecular formula is C12H22N2O3. The molecule has 1 saturated carbocycles. The Morgan fingerprint density at radius 1 is 1.35 bits per heavy atom. The van der Waals surface area contributed by atoms with Gasteiger partial charge in [0.1, 0.15) is 0 Å². The number of nitrogens with two attached hydrogens (primary N) is 1. The van der Waals surface area contributed by atoms with Gasteiger partial charge >= 0.3 is 5.97 Å². The van der Waals surface area contributed by atoms with E-state index in [1.807, 2.05) is 13.8 Å². The first-order valence-corrected chi connectivity index (χ1v) is 6.18. The minimum Gasteiger partial charge on any atom is -0.481 e. The van der Waals surface area contributed by atoms with Crippen molar-refractivity contribution in [3.05, 3.63) is 0 Å². The highest BCUT2D eigenvalue weighted by atomic mass is 16.4. The topological polar surface area (TPSA) is 92.4 Å². The molecule has 98 valence electrons. The van der Waals surface area contributed by atoms with Crippen molar-refractivity contribution in [2.75, 3.05) is 13.1 Å². The summed E-state index contributed by atoms with van der Waals surface area (Å²) in [5.41, 5.74) is 4.30. The molecule has 0 spiro atoms. The van der Waals surface area contributed by atoms with Gasteiger partial charge in [0.2, 0.25) is 5.91 Å². The number of rotatable bonds is 7. The smallest absolute Gasteiger partial charge is 0.311 e. The zero-order valence-electron chi connectivity index (χ0n) is 10.6. The van der Waals surface area contributed by atoms with Crippen molar-refractivity contribution in [2.24, 2.45) is 16.6 Å². The minimum absolute atomic E-state index is 0.0903. The Bertz CT molecular complexity index is 307. The van der Waals surface area contributed by atoms with E-state index in [-0.39, 0.29) is 12.5 Å². The second-order valence-electron chi connectivity index (χ2n) is 4.96. The zero-order valence-corrected chi connectivity index (χ0v) is 10.6. The fourth-order valence-corrected chi connectivity index (χ4v) is 1.99. The molecule has 0 saturated heterocycles. The van der Waals surface area contributed by atoms with Crippen LogP contribution in [-0.4, -0.2) is 30.1 Å². The SMILES string of the molecule is CCC(CC)(CNC(=O)C1(CN)CC1)C(=O)O. The van der Waals surface area contributed by atoms with Gasteiger partial charge in [0.05, 0.1) is 10.8 Å². The van der Waals surface area contributed by atoms with E-state index in [1.165, 1.54) is 0 Å². The summed E-state index contributed by atoms with van der Waals surface area (Å²) in [5, 5.41) is 12.0. The summed E-state index contributed by atoms with van der Waals surface area (Å²) < 4.78 is 0. The molecule has 0 aromatic carbocycles. The normalized spacial score (nSPS) is 17.6. The number of carbonyl (C=O) groups is 2. The van der Waals surface area contributed by atoms with Crippen molar-refractivity contribution in [3.8, 4) is 0 Å². The highest BCUT2D eigenvalue weighted by molar-refractivity contribution is 5.86. The molecule has 17 heavy (non-hydrogen) atoms. The van der Waals surface area contributed by atoms with Crippen LogP contribution >= 0.6 is 0 Å². The van der Waals surface area contributed by atoms with Gasteiger partial charge in [0, 0.05) is 13.1 Å². The van der Waals surface area contributed by atoms with Crippen LogP contribution in [0.4, 0.5) is 0 Å². The molecule has 0 atom stereocenters. The predicted molar refractivity (Wildman–Crippen MR) is 64.4 cm³/mol. The lowest BCUT2D eigenvalue weighted by molar-refractivity contribution is -0.149. The van der Waals surface area contributed by atoms with Crippen LogP contribution in [0.15, 0.2) is 0 Å². The quantitative estimate of drug-likeness (QED) is 0.613. The van der Waals surface area contributed by atoms with Gasteiger partial charge in [0.25, 0.3) is 0 Å².